The highest BCUT2D eigenvalue weighted by molar-refractivity contribution is 7.10. The van der Waals surface area contributed by atoms with Crippen LogP contribution >= 0.6 is 11.3 Å². The highest BCUT2D eigenvalue weighted by Gasteiger charge is 2.24. The lowest BCUT2D eigenvalue weighted by atomic mass is 10.2. The first-order chi connectivity index (χ1) is 13.7. The molecule has 0 aliphatic carbocycles. The van der Waals surface area contributed by atoms with Gasteiger partial charge in [0.15, 0.2) is 0 Å². The molecule has 1 aromatic carbocycles. The van der Waals surface area contributed by atoms with Crippen LogP contribution in [0.25, 0.3) is 11.5 Å². The molecule has 8 heteroatoms. The lowest BCUT2D eigenvalue weighted by Crippen LogP contribution is -2.41. The van der Waals surface area contributed by atoms with Crippen LogP contribution in [0.15, 0.2) is 46.2 Å². The molecule has 3 aromatic rings. The summed E-state index contributed by atoms with van der Waals surface area (Å²) in [5.74, 6) is 0.142. The predicted molar refractivity (Wildman–Crippen MR) is 105 cm³/mol. The Kier molecular flexibility index (Phi) is 5.67. The summed E-state index contributed by atoms with van der Waals surface area (Å²) in [6.07, 6.45) is 0. The molecular weight excluding hydrogens is 379 g/mol. The zero-order valence-electron chi connectivity index (χ0n) is 15.1. The van der Waals surface area contributed by atoms with Gasteiger partial charge in [-0.2, -0.15) is 10.2 Å². The number of nitrogens with one attached hydrogen (secondary N) is 1. The van der Waals surface area contributed by atoms with Gasteiger partial charge in [-0.3, -0.25) is 4.90 Å². The fourth-order valence-corrected chi connectivity index (χ4v) is 4.09. The van der Waals surface area contributed by atoms with E-state index in [-0.39, 0.29) is 23.4 Å². The Hall–Kier alpha value is -2.73. The van der Waals surface area contributed by atoms with Gasteiger partial charge < -0.3 is 14.5 Å². The largest absolute Gasteiger partial charge is 0.419 e. The number of ether oxygens (including phenoxy) is 1. The number of halogens is 1. The number of nitriles is 1. The molecule has 0 radical (unpaired) electrons. The standard InChI is InChI=1S/C20H19FN4O2S/c21-15-4-1-3-14(11-15)19-24-16(12-22)20(27-19)23-13-17(18-5-2-10-28-18)25-6-8-26-9-7-25/h1-5,10-11,17,23H,6-9,13H2. The smallest absolute Gasteiger partial charge is 0.232 e. The number of nitrogens with zero attached hydrogens (tertiary/aromatic N) is 3. The molecule has 1 atom stereocenters. The molecule has 1 aliphatic rings. The zero-order valence-corrected chi connectivity index (χ0v) is 15.9. The summed E-state index contributed by atoms with van der Waals surface area (Å²) in [4.78, 5) is 7.80. The second-order valence-electron chi connectivity index (χ2n) is 6.38. The van der Waals surface area contributed by atoms with Gasteiger partial charge in [0.1, 0.15) is 11.9 Å². The summed E-state index contributed by atoms with van der Waals surface area (Å²) < 4.78 is 24.7. The molecule has 4 rings (SSSR count). The maximum Gasteiger partial charge on any atom is 0.232 e. The third kappa shape index (κ3) is 4.07. The number of oxazole rings is 1. The van der Waals surface area contributed by atoms with Crippen LogP contribution in [0.1, 0.15) is 16.6 Å². The normalized spacial score (nSPS) is 15.9. The van der Waals surface area contributed by atoms with Crippen LogP contribution in [-0.4, -0.2) is 42.7 Å². The third-order valence-electron chi connectivity index (χ3n) is 4.62. The lowest BCUT2D eigenvalue weighted by Gasteiger charge is -2.34. The van der Waals surface area contributed by atoms with Crippen molar-refractivity contribution < 1.29 is 13.5 Å². The second-order valence-corrected chi connectivity index (χ2v) is 7.36. The highest BCUT2D eigenvalue weighted by atomic mass is 32.1. The number of anilines is 1. The number of rotatable bonds is 6. The van der Waals surface area contributed by atoms with E-state index in [0.717, 1.165) is 13.1 Å². The summed E-state index contributed by atoms with van der Waals surface area (Å²) in [5, 5.41) is 14.7. The molecule has 1 N–H and O–H groups in total. The van der Waals surface area contributed by atoms with E-state index in [2.05, 4.69) is 26.6 Å². The van der Waals surface area contributed by atoms with Gasteiger partial charge in [-0.05, 0) is 29.6 Å². The Balaban J connectivity index is 1.55. The third-order valence-corrected chi connectivity index (χ3v) is 5.59. The van der Waals surface area contributed by atoms with Crippen molar-refractivity contribution in [3.8, 4) is 17.5 Å². The average Bonchev–Trinajstić information content (AvgIpc) is 3.39. The monoisotopic (exact) mass is 398 g/mol. The van der Waals surface area contributed by atoms with Gasteiger partial charge in [-0.25, -0.2) is 4.39 Å². The summed E-state index contributed by atoms with van der Waals surface area (Å²) in [6, 6.07) is 12.3. The number of hydrogen-bond donors (Lipinski definition) is 1. The summed E-state index contributed by atoms with van der Waals surface area (Å²) in [7, 11) is 0. The van der Waals surface area contributed by atoms with E-state index in [9.17, 15) is 9.65 Å². The molecule has 2 aromatic heterocycles. The van der Waals surface area contributed by atoms with Gasteiger partial charge >= 0.3 is 0 Å². The number of aromatic nitrogens is 1. The van der Waals surface area contributed by atoms with Crippen LogP contribution in [0.2, 0.25) is 0 Å². The van der Waals surface area contributed by atoms with Gasteiger partial charge in [-0.15, -0.1) is 11.3 Å². The summed E-state index contributed by atoms with van der Waals surface area (Å²) >= 11 is 1.70. The van der Waals surface area contributed by atoms with Gasteiger partial charge in [0.05, 0.1) is 19.3 Å². The summed E-state index contributed by atoms with van der Waals surface area (Å²) in [6.45, 7) is 3.67. The molecule has 144 valence electrons. The average molecular weight is 398 g/mol. The molecule has 0 amide bonds. The van der Waals surface area contributed by atoms with Crippen LogP contribution in [0, 0.1) is 17.1 Å². The van der Waals surface area contributed by atoms with E-state index < -0.39 is 0 Å². The van der Waals surface area contributed by atoms with Gasteiger partial charge in [0.2, 0.25) is 17.5 Å². The Bertz CT molecular complexity index is 961. The first kappa shape index (κ1) is 18.6. The SMILES string of the molecule is N#Cc1nc(-c2cccc(F)c2)oc1NCC(c1cccs1)N1CCOCC1. The summed E-state index contributed by atoms with van der Waals surface area (Å²) in [5.41, 5.74) is 0.652. The number of morpholine rings is 1. The van der Waals surface area contributed by atoms with Crippen LogP contribution < -0.4 is 5.32 Å². The Morgan fingerprint density at radius 3 is 2.86 bits per heavy atom. The molecule has 28 heavy (non-hydrogen) atoms. The van der Waals surface area contributed by atoms with Crippen LogP contribution in [0.3, 0.4) is 0 Å². The van der Waals surface area contributed by atoms with E-state index in [0.29, 0.717) is 31.2 Å². The van der Waals surface area contributed by atoms with Crippen molar-refractivity contribution in [1.82, 2.24) is 9.88 Å². The molecule has 0 spiro atoms. The van der Waals surface area contributed by atoms with E-state index in [4.69, 9.17) is 9.15 Å². The van der Waals surface area contributed by atoms with Crippen molar-refractivity contribution in [3.63, 3.8) is 0 Å². The van der Waals surface area contributed by atoms with Crippen molar-refractivity contribution >= 4 is 17.2 Å². The van der Waals surface area contributed by atoms with Crippen LogP contribution in [0.5, 0.6) is 0 Å². The first-order valence-corrected chi connectivity index (χ1v) is 9.88. The minimum atomic E-state index is -0.381. The Morgan fingerprint density at radius 1 is 1.29 bits per heavy atom. The molecule has 0 bridgehead atoms. The quantitative estimate of drug-likeness (QED) is 0.679. The maximum absolute atomic E-state index is 13.5. The molecule has 1 fully saturated rings. The van der Waals surface area contributed by atoms with E-state index in [1.807, 2.05) is 12.1 Å². The lowest BCUT2D eigenvalue weighted by molar-refractivity contribution is 0.0193. The van der Waals surface area contributed by atoms with Gasteiger partial charge in [0.25, 0.3) is 0 Å². The molecule has 3 heterocycles. The van der Waals surface area contributed by atoms with Crippen molar-refractivity contribution in [2.75, 3.05) is 38.2 Å². The van der Waals surface area contributed by atoms with Crippen molar-refractivity contribution in [1.29, 1.82) is 5.26 Å². The number of hydrogen-bond acceptors (Lipinski definition) is 7. The second kappa shape index (κ2) is 8.52. The fraction of sp³-hybridized carbons (Fsp3) is 0.300. The van der Waals surface area contributed by atoms with Gasteiger partial charge in [-0.1, -0.05) is 12.1 Å². The Morgan fingerprint density at radius 2 is 2.14 bits per heavy atom. The first-order valence-electron chi connectivity index (χ1n) is 9.00. The van der Waals surface area contributed by atoms with Crippen molar-refractivity contribution in [2.45, 2.75) is 6.04 Å². The molecule has 6 nitrogen and oxygen atoms in total. The van der Waals surface area contributed by atoms with E-state index >= 15 is 0 Å². The highest BCUT2D eigenvalue weighted by Crippen LogP contribution is 2.29. The molecule has 1 saturated heterocycles. The molecule has 1 aliphatic heterocycles. The Labute approximate surface area is 166 Å². The van der Waals surface area contributed by atoms with Crippen LogP contribution in [-0.2, 0) is 4.74 Å². The number of thiophene rings is 1. The predicted octanol–water partition coefficient (Wildman–Crippen LogP) is 3.90. The molecule has 0 saturated carbocycles. The van der Waals surface area contributed by atoms with Crippen molar-refractivity contribution in [2.24, 2.45) is 0 Å². The topological polar surface area (TPSA) is 74.3 Å². The van der Waals surface area contributed by atoms with E-state index in [1.165, 1.54) is 17.0 Å². The van der Waals surface area contributed by atoms with Crippen molar-refractivity contribution in [3.05, 3.63) is 58.2 Å². The number of benzene rings is 1. The molecular formula is C20H19FN4O2S. The molecule has 1 unspecified atom stereocenters. The van der Waals surface area contributed by atoms with Crippen LogP contribution in [0.4, 0.5) is 10.3 Å². The minimum Gasteiger partial charge on any atom is -0.419 e. The maximum atomic E-state index is 13.5. The van der Waals surface area contributed by atoms with E-state index in [1.54, 1.807) is 23.5 Å². The zero-order chi connectivity index (χ0) is 19.3. The fourth-order valence-electron chi connectivity index (χ4n) is 3.23. The minimum absolute atomic E-state index is 0.137. The van der Waals surface area contributed by atoms with Gasteiger partial charge in [0, 0.05) is 30.1 Å².